The molecule has 0 aliphatic heterocycles. The van der Waals surface area contributed by atoms with Gasteiger partial charge >= 0.3 is 0 Å². The zero-order valence-electron chi connectivity index (χ0n) is 13.1. The Hall–Kier alpha value is -2.70. The molecule has 0 atom stereocenters. The first-order valence-corrected chi connectivity index (χ1v) is 7.52. The van der Waals surface area contributed by atoms with Gasteiger partial charge in [0.1, 0.15) is 11.3 Å². The molecule has 120 valence electrons. The van der Waals surface area contributed by atoms with Gasteiger partial charge in [-0.1, -0.05) is 25.5 Å². The first-order chi connectivity index (χ1) is 11.1. The number of aromatic nitrogens is 4. The third-order valence-electron chi connectivity index (χ3n) is 3.60. The van der Waals surface area contributed by atoms with E-state index in [2.05, 4.69) is 27.3 Å². The highest BCUT2D eigenvalue weighted by Gasteiger charge is 2.14. The Bertz CT molecular complexity index is 899. The van der Waals surface area contributed by atoms with Crippen LogP contribution in [0.2, 0.25) is 0 Å². The molecule has 0 amide bonds. The van der Waals surface area contributed by atoms with Crippen molar-refractivity contribution in [2.75, 3.05) is 5.32 Å². The van der Waals surface area contributed by atoms with Crippen LogP contribution in [0.3, 0.4) is 0 Å². The van der Waals surface area contributed by atoms with Crippen molar-refractivity contribution in [2.24, 2.45) is 7.05 Å². The summed E-state index contributed by atoms with van der Waals surface area (Å²) in [5.41, 5.74) is 2.41. The minimum atomic E-state index is -0.293. The van der Waals surface area contributed by atoms with E-state index in [1.54, 1.807) is 23.9 Å². The smallest absolute Gasteiger partial charge is 0.278 e. The molecule has 0 unspecified atom stereocenters. The molecule has 0 bridgehead atoms. The standard InChI is InChI=1S/C16H18FN5O/c1-3-5-12-13-14(22(2)21-12)15(23)20-16(19-13)18-9-10-6-4-7-11(17)8-10/h4,6-8H,3,5,9H2,1-2H3,(H2,18,19,20,23). The number of aromatic amines is 1. The molecular weight excluding hydrogens is 297 g/mol. The number of anilines is 1. The summed E-state index contributed by atoms with van der Waals surface area (Å²) < 4.78 is 14.8. The molecule has 2 N–H and O–H groups in total. The van der Waals surface area contributed by atoms with E-state index in [1.165, 1.54) is 12.1 Å². The SMILES string of the molecule is CCCc1nn(C)c2c(=O)[nH]c(NCc3cccc(F)c3)nc12. The van der Waals surface area contributed by atoms with Crippen molar-refractivity contribution < 1.29 is 4.39 Å². The number of aryl methyl sites for hydroxylation is 2. The quantitative estimate of drug-likeness (QED) is 0.758. The van der Waals surface area contributed by atoms with Crippen molar-refractivity contribution >= 4 is 17.0 Å². The number of nitrogens with one attached hydrogen (secondary N) is 2. The molecule has 7 heteroatoms. The van der Waals surface area contributed by atoms with Gasteiger partial charge < -0.3 is 5.32 Å². The summed E-state index contributed by atoms with van der Waals surface area (Å²) >= 11 is 0. The van der Waals surface area contributed by atoms with Crippen LogP contribution in [0.5, 0.6) is 0 Å². The lowest BCUT2D eigenvalue weighted by Gasteiger charge is -2.06. The minimum absolute atomic E-state index is 0.242. The van der Waals surface area contributed by atoms with Crippen molar-refractivity contribution in [3.63, 3.8) is 0 Å². The number of fused-ring (bicyclic) bond motifs is 1. The van der Waals surface area contributed by atoms with E-state index in [4.69, 9.17) is 0 Å². The van der Waals surface area contributed by atoms with Crippen molar-refractivity contribution in [1.29, 1.82) is 0 Å². The Morgan fingerprint density at radius 3 is 2.96 bits per heavy atom. The average Bonchev–Trinajstić information content (AvgIpc) is 2.82. The Labute approximate surface area is 132 Å². The first-order valence-electron chi connectivity index (χ1n) is 7.52. The van der Waals surface area contributed by atoms with Crippen LogP contribution in [-0.2, 0) is 20.0 Å². The van der Waals surface area contributed by atoms with Gasteiger partial charge in [0.05, 0.1) is 5.69 Å². The second kappa shape index (κ2) is 6.20. The van der Waals surface area contributed by atoms with Gasteiger partial charge in [0.15, 0.2) is 5.52 Å². The third kappa shape index (κ3) is 3.08. The van der Waals surface area contributed by atoms with E-state index in [-0.39, 0.29) is 11.4 Å². The van der Waals surface area contributed by atoms with E-state index < -0.39 is 0 Å². The summed E-state index contributed by atoms with van der Waals surface area (Å²) in [4.78, 5) is 19.4. The summed E-state index contributed by atoms with van der Waals surface area (Å²) in [6.07, 6.45) is 1.68. The summed E-state index contributed by atoms with van der Waals surface area (Å²) in [5, 5.41) is 7.40. The number of hydrogen-bond acceptors (Lipinski definition) is 4. The molecule has 2 heterocycles. The number of halogens is 1. The number of nitrogens with zero attached hydrogens (tertiary/aromatic N) is 3. The molecule has 0 saturated carbocycles. The van der Waals surface area contributed by atoms with Crippen LogP contribution in [0.15, 0.2) is 29.1 Å². The zero-order valence-corrected chi connectivity index (χ0v) is 13.1. The molecule has 0 aliphatic carbocycles. The maximum absolute atomic E-state index is 13.2. The Morgan fingerprint density at radius 2 is 2.22 bits per heavy atom. The van der Waals surface area contributed by atoms with Crippen LogP contribution in [0.4, 0.5) is 10.3 Å². The Balaban J connectivity index is 1.92. The van der Waals surface area contributed by atoms with Crippen LogP contribution < -0.4 is 10.9 Å². The molecule has 3 aromatic rings. The first kappa shape index (κ1) is 15.2. The Kier molecular flexibility index (Phi) is 4.10. The highest BCUT2D eigenvalue weighted by atomic mass is 19.1. The van der Waals surface area contributed by atoms with Gasteiger partial charge in [-0.15, -0.1) is 0 Å². The van der Waals surface area contributed by atoms with Crippen LogP contribution in [0, 0.1) is 5.82 Å². The predicted molar refractivity (Wildman–Crippen MR) is 86.9 cm³/mol. The molecule has 2 aromatic heterocycles. The van der Waals surface area contributed by atoms with E-state index in [9.17, 15) is 9.18 Å². The van der Waals surface area contributed by atoms with Gasteiger partial charge in [-0.25, -0.2) is 9.37 Å². The summed E-state index contributed by atoms with van der Waals surface area (Å²) in [6, 6.07) is 6.28. The highest BCUT2D eigenvalue weighted by molar-refractivity contribution is 5.77. The fourth-order valence-corrected chi connectivity index (χ4v) is 2.57. The van der Waals surface area contributed by atoms with Gasteiger partial charge in [-0.2, -0.15) is 5.10 Å². The maximum atomic E-state index is 13.2. The number of benzene rings is 1. The van der Waals surface area contributed by atoms with Crippen molar-refractivity contribution in [1.82, 2.24) is 19.7 Å². The van der Waals surface area contributed by atoms with E-state index >= 15 is 0 Å². The molecule has 1 aromatic carbocycles. The van der Waals surface area contributed by atoms with Crippen LogP contribution in [0.25, 0.3) is 11.0 Å². The monoisotopic (exact) mass is 315 g/mol. The van der Waals surface area contributed by atoms with E-state index in [0.717, 1.165) is 24.1 Å². The normalized spacial score (nSPS) is 11.1. The number of hydrogen-bond donors (Lipinski definition) is 2. The van der Waals surface area contributed by atoms with Gasteiger partial charge in [-0.05, 0) is 24.1 Å². The minimum Gasteiger partial charge on any atom is -0.352 e. The van der Waals surface area contributed by atoms with Gasteiger partial charge in [0.25, 0.3) is 5.56 Å². The zero-order chi connectivity index (χ0) is 16.4. The highest BCUT2D eigenvalue weighted by Crippen LogP contribution is 2.15. The van der Waals surface area contributed by atoms with E-state index in [1.807, 2.05) is 0 Å². The molecule has 0 spiro atoms. The van der Waals surface area contributed by atoms with Crippen molar-refractivity contribution in [2.45, 2.75) is 26.3 Å². The number of rotatable bonds is 5. The lowest BCUT2D eigenvalue weighted by Crippen LogP contribution is -2.15. The largest absolute Gasteiger partial charge is 0.352 e. The van der Waals surface area contributed by atoms with Crippen LogP contribution >= 0.6 is 0 Å². The second-order valence-electron chi connectivity index (χ2n) is 5.42. The molecule has 0 fully saturated rings. The van der Waals surface area contributed by atoms with E-state index in [0.29, 0.717) is 23.5 Å². The lowest BCUT2D eigenvalue weighted by atomic mass is 10.2. The fraction of sp³-hybridized carbons (Fsp3) is 0.312. The predicted octanol–water partition coefficient (Wildman–Crippen LogP) is 2.36. The van der Waals surface area contributed by atoms with Gasteiger partial charge in [-0.3, -0.25) is 14.5 Å². The molecule has 3 rings (SSSR count). The number of H-pyrrole nitrogens is 1. The van der Waals surface area contributed by atoms with Gasteiger partial charge in [0.2, 0.25) is 5.95 Å². The molecule has 0 radical (unpaired) electrons. The summed E-state index contributed by atoms with van der Waals surface area (Å²) in [5.74, 6) is 0.0656. The van der Waals surface area contributed by atoms with Gasteiger partial charge in [0, 0.05) is 13.6 Å². The van der Waals surface area contributed by atoms with Crippen LogP contribution in [0.1, 0.15) is 24.6 Å². The third-order valence-corrected chi connectivity index (χ3v) is 3.60. The van der Waals surface area contributed by atoms with Crippen molar-refractivity contribution in [3.8, 4) is 0 Å². The lowest BCUT2D eigenvalue weighted by molar-refractivity contribution is 0.626. The molecule has 6 nitrogen and oxygen atoms in total. The average molecular weight is 315 g/mol. The van der Waals surface area contributed by atoms with Crippen molar-refractivity contribution in [3.05, 3.63) is 51.7 Å². The molecule has 0 aliphatic rings. The molecular formula is C16H18FN5O. The fourth-order valence-electron chi connectivity index (χ4n) is 2.57. The maximum Gasteiger partial charge on any atom is 0.278 e. The Morgan fingerprint density at radius 1 is 1.39 bits per heavy atom. The molecule has 0 saturated heterocycles. The summed E-state index contributed by atoms with van der Waals surface area (Å²) in [7, 11) is 1.73. The van der Waals surface area contributed by atoms with Crippen LogP contribution in [-0.4, -0.2) is 19.7 Å². The topological polar surface area (TPSA) is 75.6 Å². The second-order valence-corrected chi connectivity index (χ2v) is 5.42. The molecule has 23 heavy (non-hydrogen) atoms. The summed E-state index contributed by atoms with van der Waals surface area (Å²) in [6.45, 7) is 2.42.